The van der Waals surface area contributed by atoms with Crippen LogP contribution < -0.4 is 31.6 Å². The fourth-order valence-electron chi connectivity index (χ4n) is 3.23. The van der Waals surface area contributed by atoms with Crippen LogP contribution >= 0.6 is 0 Å². The minimum Gasteiger partial charge on any atom is -0.497 e. The Hall–Kier alpha value is -3.53. The maximum absolute atomic E-state index is 12.4. The van der Waals surface area contributed by atoms with Gasteiger partial charge in [0.2, 0.25) is 0 Å². The van der Waals surface area contributed by atoms with Crippen LogP contribution in [0.5, 0.6) is 11.5 Å². The number of carbonyl (C=O) groups is 1. The molecule has 2 aromatic heterocycles. The number of aryl methyl sites for hydroxylation is 1. The number of benzene rings is 1. The van der Waals surface area contributed by atoms with Crippen LogP contribution in [0.4, 0.5) is 17.3 Å². The number of carbonyl (C=O) groups excluding carboxylic acids is 1. The predicted octanol–water partition coefficient (Wildman–Crippen LogP) is 2.69. The number of primary amides is 1. The second kappa shape index (κ2) is 9.31. The first kappa shape index (κ1) is 23.1. The summed E-state index contributed by atoms with van der Waals surface area (Å²) in [5, 5.41) is 11.1. The van der Waals surface area contributed by atoms with Crippen LogP contribution in [0.2, 0.25) is 0 Å². The van der Waals surface area contributed by atoms with Gasteiger partial charge >= 0.3 is 0 Å². The van der Waals surface area contributed by atoms with Crippen molar-refractivity contribution in [1.82, 2.24) is 14.6 Å². The number of hydrogen-bond acceptors (Lipinski definition) is 8. The Morgan fingerprint density at radius 3 is 2.34 bits per heavy atom. The van der Waals surface area contributed by atoms with E-state index < -0.39 is 11.4 Å². The number of ether oxygens (including phenoxy) is 2. The zero-order valence-corrected chi connectivity index (χ0v) is 19.2. The molecule has 172 valence electrons. The first-order valence-electron chi connectivity index (χ1n) is 10.4. The highest BCUT2D eigenvalue weighted by Crippen LogP contribution is 2.30. The van der Waals surface area contributed by atoms with Gasteiger partial charge in [-0.05, 0) is 20.3 Å². The first-order valence-corrected chi connectivity index (χ1v) is 10.4. The van der Waals surface area contributed by atoms with E-state index in [4.69, 9.17) is 20.9 Å². The van der Waals surface area contributed by atoms with Crippen molar-refractivity contribution >= 4 is 28.9 Å². The van der Waals surface area contributed by atoms with E-state index in [0.717, 1.165) is 18.5 Å². The Morgan fingerprint density at radius 1 is 1.16 bits per heavy atom. The molecule has 0 aliphatic heterocycles. The average molecular weight is 442 g/mol. The first-order chi connectivity index (χ1) is 15.1. The summed E-state index contributed by atoms with van der Waals surface area (Å²) in [7, 11) is 3.13. The Balaban J connectivity index is 2.14. The molecule has 0 spiro atoms. The Labute approximate surface area is 187 Å². The van der Waals surface area contributed by atoms with Crippen molar-refractivity contribution in [2.45, 2.75) is 39.2 Å². The van der Waals surface area contributed by atoms with E-state index in [1.165, 1.54) is 0 Å². The lowest BCUT2D eigenvalue weighted by Crippen LogP contribution is -2.40. The number of nitrogens with zero attached hydrogens (tertiary/aromatic N) is 3. The number of nitrogens with one attached hydrogen (secondary N) is 2. The van der Waals surface area contributed by atoms with Crippen molar-refractivity contribution in [3.05, 3.63) is 35.5 Å². The van der Waals surface area contributed by atoms with E-state index in [-0.39, 0.29) is 11.4 Å². The van der Waals surface area contributed by atoms with Gasteiger partial charge in [-0.1, -0.05) is 13.3 Å². The minimum absolute atomic E-state index is 0.194. The topological polar surface area (TPSA) is 142 Å². The molecule has 0 saturated heterocycles. The average Bonchev–Trinajstić information content (AvgIpc) is 3.09. The van der Waals surface area contributed by atoms with Gasteiger partial charge in [0.15, 0.2) is 11.5 Å². The molecule has 0 unspecified atom stereocenters. The van der Waals surface area contributed by atoms with Gasteiger partial charge in [0, 0.05) is 47.7 Å². The number of nitrogens with two attached hydrogens (primary N) is 2. The highest BCUT2D eigenvalue weighted by molar-refractivity contribution is 6.04. The van der Waals surface area contributed by atoms with Gasteiger partial charge in [0.05, 0.1) is 14.2 Å². The number of aromatic nitrogens is 3. The van der Waals surface area contributed by atoms with E-state index in [9.17, 15) is 4.79 Å². The van der Waals surface area contributed by atoms with Crippen molar-refractivity contribution in [3.63, 3.8) is 0 Å². The van der Waals surface area contributed by atoms with Crippen LogP contribution in [0.1, 0.15) is 43.2 Å². The molecule has 0 aliphatic rings. The summed E-state index contributed by atoms with van der Waals surface area (Å²) in [5.74, 6) is 1.50. The summed E-state index contributed by atoms with van der Waals surface area (Å²) in [6.45, 7) is 6.41. The lowest BCUT2D eigenvalue weighted by atomic mass is 10.1. The number of fused-ring (bicyclic) bond motifs is 1. The number of anilines is 3. The fraction of sp³-hybridized carbons (Fsp3) is 0.409. The molecule has 1 aromatic carbocycles. The number of rotatable bonds is 10. The number of methoxy groups -OCH3 is 2. The van der Waals surface area contributed by atoms with Gasteiger partial charge in [-0.2, -0.15) is 4.52 Å². The van der Waals surface area contributed by atoms with Crippen LogP contribution in [-0.2, 0) is 6.42 Å². The van der Waals surface area contributed by atoms with E-state index in [0.29, 0.717) is 35.2 Å². The predicted molar refractivity (Wildman–Crippen MR) is 125 cm³/mol. The summed E-state index contributed by atoms with van der Waals surface area (Å²) < 4.78 is 12.2. The van der Waals surface area contributed by atoms with Crippen LogP contribution in [0.15, 0.2) is 24.3 Å². The SMILES string of the molecule is CCCc1cc(NCC(C)(C)N)n2nc(Nc3cc(OC)cc(OC)c3)c(C(N)=O)c2n1. The van der Waals surface area contributed by atoms with Gasteiger partial charge < -0.3 is 31.6 Å². The lowest BCUT2D eigenvalue weighted by molar-refractivity contribution is 0.100. The highest BCUT2D eigenvalue weighted by atomic mass is 16.5. The molecule has 3 aromatic rings. The van der Waals surface area contributed by atoms with Crippen molar-refractivity contribution in [2.24, 2.45) is 11.5 Å². The maximum atomic E-state index is 12.4. The molecule has 6 N–H and O–H groups in total. The van der Waals surface area contributed by atoms with Gasteiger partial charge in [-0.25, -0.2) is 4.98 Å². The van der Waals surface area contributed by atoms with Gasteiger partial charge in [0.25, 0.3) is 5.91 Å². The number of hydrogen-bond donors (Lipinski definition) is 4. The highest BCUT2D eigenvalue weighted by Gasteiger charge is 2.23. The summed E-state index contributed by atoms with van der Waals surface area (Å²) in [5.41, 5.74) is 13.5. The summed E-state index contributed by atoms with van der Waals surface area (Å²) in [6, 6.07) is 7.20. The Kier molecular flexibility index (Phi) is 6.73. The molecular weight excluding hydrogens is 410 g/mol. The van der Waals surface area contributed by atoms with Crippen molar-refractivity contribution in [3.8, 4) is 11.5 Å². The third-order valence-corrected chi connectivity index (χ3v) is 4.73. The third kappa shape index (κ3) is 5.20. The van der Waals surface area contributed by atoms with E-state index in [2.05, 4.69) is 27.6 Å². The largest absolute Gasteiger partial charge is 0.497 e. The Morgan fingerprint density at radius 2 is 1.81 bits per heavy atom. The van der Waals surface area contributed by atoms with Crippen LogP contribution in [0, 0.1) is 0 Å². The van der Waals surface area contributed by atoms with Crippen LogP contribution in [0.3, 0.4) is 0 Å². The maximum Gasteiger partial charge on any atom is 0.256 e. The zero-order chi connectivity index (χ0) is 23.5. The van der Waals surface area contributed by atoms with Crippen LogP contribution in [0.25, 0.3) is 5.65 Å². The van der Waals surface area contributed by atoms with E-state index in [1.807, 2.05) is 19.9 Å². The van der Waals surface area contributed by atoms with Crippen molar-refractivity contribution in [1.29, 1.82) is 0 Å². The molecule has 1 amide bonds. The van der Waals surface area contributed by atoms with Gasteiger partial charge in [0.1, 0.15) is 22.9 Å². The standard InChI is InChI=1S/C22H31N7O3/c1-6-7-13-10-17(25-12-22(2,3)24)29-21(27-13)18(19(23)30)20(28-29)26-14-8-15(31-4)11-16(9-14)32-5/h8-11,25H,6-7,12,24H2,1-5H3,(H2,23,30)(H,26,28). The summed E-state index contributed by atoms with van der Waals surface area (Å²) in [4.78, 5) is 17.1. The molecule has 2 heterocycles. The molecule has 0 aliphatic carbocycles. The van der Waals surface area contributed by atoms with E-state index >= 15 is 0 Å². The molecular formula is C22H31N7O3. The fourth-order valence-corrected chi connectivity index (χ4v) is 3.23. The lowest BCUT2D eigenvalue weighted by Gasteiger charge is -2.20. The molecule has 0 radical (unpaired) electrons. The van der Waals surface area contributed by atoms with E-state index in [1.54, 1.807) is 36.9 Å². The molecule has 0 fully saturated rings. The van der Waals surface area contributed by atoms with Crippen molar-refractivity contribution < 1.29 is 14.3 Å². The molecule has 3 rings (SSSR count). The normalized spacial score (nSPS) is 11.4. The second-order valence-electron chi connectivity index (χ2n) is 8.27. The van der Waals surface area contributed by atoms with Crippen LogP contribution in [-0.4, -0.2) is 46.8 Å². The molecule has 0 saturated carbocycles. The smallest absolute Gasteiger partial charge is 0.256 e. The molecule has 32 heavy (non-hydrogen) atoms. The zero-order valence-electron chi connectivity index (χ0n) is 19.2. The minimum atomic E-state index is -0.636. The number of amides is 1. The monoisotopic (exact) mass is 441 g/mol. The second-order valence-corrected chi connectivity index (χ2v) is 8.27. The Bertz CT molecular complexity index is 1100. The summed E-state index contributed by atoms with van der Waals surface area (Å²) in [6.07, 6.45) is 1.65. The molecule has 0 bridgehead atoms. The third-order valence-electron chi connectivity index (χ3n) is 4.73. The quantitative estimate of drug-likeness (QED) is 0.376. The summed E-state index contributed by atoms with van der Waals surface area (Å²) >= 11 is 0. The molecule has 10 heteroatoms. The van der Waals surface area contributed by atoms with Gasteiger partial charge in [-0.3, -0.25) is 4.79 Å². The van der Waals surface area contributed by atoms with Gasteiger partial charge in [-0.15, -0.1) is 5.10 Å². The molecule has 0 atom stereocenters. The molecule has 10 nitrogen and oxygen atoms in total. The van der Waals surface area contributed by atoms with Crippen molar-refractivity contribution in [2.75, 3.05) is 31.4 Å².